The summed E-state index contributed by atoms with van der Waals surface area (Å²) < 4.78 is 30.4. The summed E-state index contributed by atoms with van der Waals surface area (Å²) in [5.41, 5.74) is -0.194. The summed E-state index contributed by atoms with van der Waals surface area (Å²) in [5.74, 6) is -1.65. The molecule has 3 amide bonds. The van der Waals surface area contributed by atoms with Gasteiger partial charge in [-0.2, -0.15) is 0 Å². The van der Waals surface area contributed by atoms with Gasteiger partial charge in [-0.1, -0.05) is 11.6 Å². The van der Waals surface area contributed by atoms with Crippen LogP contribution in [-0.4, -0.2) is 68.8 Å². The molecule has 1 aliphatic rings. The van der Waals surface area contributed by atoms with Gasteiger partial charge in [0.2, 0.25) is 10.0 Å². The van der Waals surface area contributed by atoms with E-state index in [-0.39, 0.29) is 22.0 Å². The topological polar surface area (TPSA) is 113 Å². The molecule has 1 aromatic rings. The SMILES string of the molecule is CC(OC(=O)c1cc(S(=O)(=O)N(C)C)ccc1Cl)C(=O)N1CCNC1=O. The van der Waals surface area contributed by atoms with Gasteiger partial charge in [-0.05, 0) is 25.1 Å². The average molecular weight is 404 g/mol. The number of amides is 3. The Kier molecular flexibility index (Phi) is 5.89. The lowest BCUT2D eigenvalue weighted by atomic mass is 10.2. The number of rotatable bonds is 5. The first-order valence-corrected chi connectivity index (χ1v) is 9.39. The van der Waals surface area contributed by atoms with Crippen LogP contribution in [0.3, 0.4) is 0 Å². The van der Waals surface area contributed by atoms with Crippen molar-refractivity contribution in [1.82, 2.24) is 14.5 Å². The number of sulfonamides is 1. The van der Waals surface area contributed by atoms with Crippen molar-refractivity contribution in [1.29, 1.82) is 0 Å². The monoisotopic (exact) mass is 403 g/mol. The number of carbonyl (C=O) groups is 3. The van der Waals surface area contributed by atoms with E-state index >= 15 is 0 Å². The van der Waals surface area contributed by atoms with Gasteiger partial charge in [0.05, 0.1) is 15.5 Å². The molecule has 1 fully saturated rings. The molecule has 1 heterocycles. The molecule has 1 unspecified atom stereocenters. The van der Waals surface area contributed by atoms with E-state index in [1.807, 2.05) is 0 Å². The van der Waals surface area contributed by atoms with Crippen molar-refractivity contribution < 1.29 is 27.5 Å². The molecular formula is C15H18ClN3O6S. The van der Waals surface area contributed by atoms with Crippen molar-refractivity contribution in [3.8, 4) is 0 Å². The zero-order valence-corrected chi connectivity index (χ0v) is 15.9. The molecule has 1 aromatic carbocycles. The highest BCUT2D eigenvalue weighted by Gasteiger charge is 2.32. The lowest BCUT2D eigenvalue weighted by molar-refractivity contribution is -0.136. The molecule has 2 rings (SSSR count). The minimum Gasteiger partial charge on any atom is -0.449 e. The predicted molar refractivity (Wildman–Crippen MR) is 92.3 cm³/mol. The number of carbonyl (C=O) groups excluding carboxylic acids is 3. The Morgan fingerprint density at radius 1 is 1.35 bits per heavy atom. The van der Waals surface area contributed by atoms with E-state index in [4.69, 9.17) is 16.3 Å². The van der Waals surface area contributed by atoms with Crippen molar-refractivity contribution >= 4 is 39.5 Å². The third-order valence-electron chi connectivity index (χ3n) is 3.69. The molecule has 9 nitrogen and oxygen atoms in total. The summed E-state index contributed by atoms with van der Waals surface area (Å²) >= 11 is 5.97. The number of benzene rings is 1. The van der Waals surface area contributed by atoms with Gasteiger partial charge in [0.15, 0.2) is 6.10 Å². The maximum atomic E-state index is 12.3. The maximum Gasteiger partial charge on any atom is 0.340 e. The molecule has 26 heavy (non-hydrogen) atoms. The quantitative estimate of drug-likeness (QED) is 0.723. The fourth-order valence-electron chi connectivity index (χ4n) is 2.21. The number of esters is 1. The van der Waals surface area contributed by atoms with E-state index in [2.05, 4.69) is 5.32 Å². The Morgan fingerprint density at radius 3 is 2.54 bits per heavy atom. The van der Waals surface area contributed by atoms with Gasteiger partial charge in [0.1, 0.15) is 0 Å². The summed E-state index contributed by atoms with van der Waals surface area (Å²) in [7, 11) is -1.07. The standard InChI is InChI=1S/C15H18ClN3O6S/c1-9(13(20)19-7-6-17-15(19)22)25-14(21)11-8-10(4-5-12(11)16)26(23,24)18(2)3/h4-5,8-9H,6-7H2,1-3H3,(H,17,22). The van der Waals surface area contributed by atoms with Crippen LogP contribution in [0.1, 0.15) is 17.3 Å². The predicted octanol–water partition coefficient (Wildman–Crippen LogP) is 0.687. The van der Waals surface area contributed by atoms with Crippen molar-refractivity contribution in [2.75, 3.05) is 27.2 Å². The van der Waals surface area contributed by atoms with Crippen molar-refractivity contribution in [2.24, 2.45) is 0 Å². The smallest absolute Gasteiger partial charge is 0.340 e. The fraction of sp³-hybridized carbons (Fsp3) is 0.400. The third-order valence-corrected chi connectivity index (χ3v) is 5.83. The number of imide groups is 1. The second-order valence-corrected chi connectivity index (χ2v) is 8.26. The van der Waals surface area contributed by atoms with Crippen LogP contribution in [0.4, 0.5) is 4.79 Å². The minimum atomic E-state index is -3.78. The Labute approximate surface area is 155 Å². The molecule has 1 N–H and O–H groups in total. The first-order valence-electron chi connectivity index (χ1n) is 7.58. The number of nitrogens with zero attached hydrogens (tertiary/aromatic N) is 2. The summed E-state index contributed by atoms with van der Waals surface area (Å²) in [6, 6.07) is 3.04. The van der Waals surface area contributed by atoms with E-state index in [9.17, 15) is 22.8 Å². The number of nitrogens with one attached hydrogen (secondary N) is 1. The number of halogens is 1. The fourth-order valence-corrected chi connectivity index (χ4v) is 3.33. The first-order chi connectivity index (χ1) is 12.1. The first kappa shape index (κ1) is 20.1. The zero-order chi connectivity index (χ0) is 19.6. The molecule has 0 aromatic heterocycles. The van der Waals surface area contributed by atoms with E-state index in [1.54, 1.807) is 0 Å². The lowest BCUT2D eigenvalue weighted by Crippen LogP contribution is -2.41. The minimum absolute atomic E-state index is 0.0220. The van der Waals surface area contributed by atoms with Gasteiger partial charge < -0.3 is 10.1 Å². The molecule has 0 spiro atoms. The number of urea groups is 1. The van der Waals surface area contributed by atoms with Crippen LogP contribution in [0.2, 0.25) is 5.02 Å². The molecule has 0 bridgehead atoms. The second kappa shape index (κ2) is 7.60. The Morgan fingerprint density at radius 2 is 2.00 bits per heavy atom. The summed E-state index contributed by atoms with van der Waals surface area (Å²) in [4.78, 5) is 36.8. The summed E-state index contributed by atoms with van der Waals surface area (Å²) in [6.07, 6.45) is -1.24. The second-order valence-electron chi connectivity index (χ2n) is 5.70. The zero-order valence-electron chi connectivity index (χ0n) is 14.4. The van der Waals surface area contributed by atoms with Gasteiger partial charge in [-0.3, -0.25) is 9.69 Å². The van der Waals surface area contributed by atoms with Crippen LogP contribution in [-0.2, 0) is 19.6 Å². The molecule has 1 saturated heterocycles. The maximum absolute atomic E-state index is 12.3. The van der Waals surface area contributed by atoms with E-state index in [0.717, 1.165) is 15.3 Å². The van der Waals surface area contributed by atoms with Crippen LogP contribution in [0.15, 0.2) is 23.1 Å². The third kappa shape index (κ3) is 3.97. The molecular weight excluding hydrogens is 386 g/mol. The largest absolute Gasteiger partial charge is 0.449 e. The van der Waals surface area contributed by atoms with E-state index < -0.39 is 34.0 Å². The normalized spacial score (nSPS) is 15.7. The Hall–Kier alpha value is -2.17. The molecule has 1 aliphatic heterocycles. The number of hydrogen-bond acceptors (Lipinski definition) is 6. The van der Waals surface area contributed by atoms with Crippen LogP contribution in [0.5, 0.6) is 0 Å². The van der Waals surface area contributed by atoms with Gasteiger partial charge >= 0.3 is 12.0 Å². The van der Waals surface area contributed by atoms with Crippen molar-refractivity contribution in [3.05, 3.63) is 28.8 Å². The molecule has 0 saturated carbocycles. The van der Waals surface area contributed by atoms with Crippen LogP contribution < -0.4 is 5.32 Å². The highest BCUT2D eigenvalue weighted by molar-refractivity contribution is 7.89. The molecule has 142 valence electrons. The molecule has 0 aliphatic carbocycles. The van der Waals surface area contributed by atoms with Crippen LogP contribution in [0, 0.1) is 0 Å². The Bertz CT molecular complexity index is 855. The highest BCUT2D eigenvalue weighted by Crippen LogP contribution is 2.23. The van der Waals surface area contributed by atoms with Gasteiger partial charge in [0.25, 0.3) is 5.91 Å². The summed E-state index contributed by atoms with van der Waals surface area (Å²) in [5, 5.41) is 2.45. The average Bonchev–Trinajstić information content (AvgIpc) is 2.99. The van der Waals surface area contributed by atoms with Gasteiger partial charge in [-0.15, -0.1) is 0 Å². The van der Waals surface area contributed by atoms with Gasteiger partial charge in [0, 0.05) is 27.2 Å². The summed E-state index contributed by atoms with van der Waals surface area (Å²) in [6.45, 7) is 1.82. The highest BCUT2D eigenvalue weighted by atomic mass is 35.5. The number of ether oxygens (including phenoxy) is 1. The molecule has 0 radical (unpaired) electrons. The molecule has 1 atom stereocenters. The van der Waals surface area contributed by atoms with Crippen LogP contribution in [0.25, 0.3) is 0 Å². The van der Waals surface area contributed by atoms with Crippen molar-refractivity contribution in [2.45, 2.75) is 17.9 Å². The van der Waals surface area contributed by atoms with E-state index in [1.165, 1.54) is 33.2 Å². The van der Waals surface area contributed by atoms with E-state index in [0.29, 0.717) is 6.54 Å². The van der Waals surface area contributed by atoms with Crippen molar-refractivity contribution in [3.63, 3.8) is 0 Å². The lowest BCUT2D eigenvalue weighted by Gasteiger charge is -2.18. The number of hydrogen-bond donors (Lipinski definition) is 1. The van der Waals surface area contributed by atoms with Gasteiger partial charge in [-0.25, -0.2) is 22.3 Å². The molecule has 11 heteroatoms. The van der Waals surface area contributed by atoms with Crippen LogP contribution >= 0.6 is 11.6 Å². The Balaban J connectivity index is 2.21.